The number of aryl methyl sites for hydroxylation is 2. The van der Waals surface area contributed by atoms with E-state index in [2.05, 4.69) is 5.32 Å². The summed E-state index contributed by atoms with van der Waals surface area (Å²) in [5.74, 6) is -0.388. The highest BCUT2D eigenvalue weighted by molar-refractivity contribution is 7.98. The number of rotatable bonds is 7. The van der Waals surface area contributed by atoms with E-state index in [1.54, 1.807) is 12.3 Å². The van der Waals surface area contributed by atoms with Crippen LogP contribution in [0.4, 0.5) is 0 Å². The molecular formula is C23H27NO7S. The maximum absolute atomic E-state index is 12.6. The molecule has 1 aliphatic heterocycles. The number of carboxylic acids is 1. The zero-order valence-electron chi connectivity index (χ0n) is 18.4. The zero-order valence-corrected chi connectivity index (χ0v) is 19.2. The maximum Gasteiger partial charge on any atom is 0.339 e. The van der Waals surface area contributed by atoms with E-state index in [1.807, 2.05) is 13.8 Å². The van der Waals surface area contributed by atoms with E-state index in [9.17, 15) is 19.5 Å². The van der Waals surface area contributed by atoms with Gasteiger partial charge in [-0.2, -0.15) is 11.8 Å². The number of hydrogen-bond acceptors (Lipinski definition) is 7. The molecule has 9 heteroatoms. The van der Waals surface area contributed by atoms with Gasteiger partial charge in [0.05, 0.1) is 5.39 Å². The van der Waals surface area contributed by atoms with E-state index in [0.29, 0.717) is 40.9 Å². The van der Waals surface area contributed by atoms with E-state index in [4.69, 9.17) is 13.9 Å². The Morgan fingerprint density at radius 2 is 2.00 bits per heavy atom. The number of thioether (sulfide) groups is 1. The molecule has 8 nitrogen and oxygen atoms in total. The van der Waals surface area contributed by atoms with Crippen molar-refractivity contribution < 1.29 is 28.6 Å². The average molecular weight is 462 g/mol. The molecule has 4 rings (SSSR count). The van der Waals surface area contributed by atoms with Crippen molar-refractivity contribution in [2.24, 2.45) is 0 Å². The molecule has 1 aromatic heterocycles. The number of ether oxygens (including phenoxy) is 2. The lowest BCUT2D eigenvalue weighted by Gasteiger charge is -2.33. The first-order valence-electron chi connectivity index (χ1n) is 10.7. The summed E-state index contributed by atoms with van der Waals surface area (Å²) in [6, 6.07) is 0.772. The minimum absolute atomic E-state index is 0.254. The molecule has 0 radical (unpaired) electrons. The highest BCUT2D eigenvalue weighted by Crippen LogP contribution is 2.44. The van der Waals surface area contributed by atoms with Gasteiger partial charge in [0.25, 0.3) is 5.91 Å². The summed E-state index contributed by atoms with van der Waals surface area (Å²) in [4.78, 5) is 36.3. The minimum Gasteiger partial charge on any atom is -0.487 e. The second kappa shape index (κ2) is 8.69. The van der Waals surface area contributed by atoms with Gasteiger partial charge in [0.2, 0.25) is 0 Å². The highest BCUT2D eigenvalue weighted by atomic mass is 32.2. The molecule has 0 fully saturated rings. The Morgan fingerprint density at radius 3 is 2.72 bits per heavy atom. The van der Waals surface area contributed by atoms with Crippen LogP contribution in [0.2, 0.25) is 0 Å². The predicted octanol–water partition coefficient (Wildman–Crippen LogP) is 2.70. The number of nitrogens with one attached hydrogen (secondary N) is 1. The quantitative estimate of drug-likeness (QED) is 0.605. The van der Waals surface area contributed by atoms with Crippen molar-refractivity contribution in [3.8, 4) is 11.5 Å². The van der Waals surface area contributed by atoms with Crippen molar-refractivity contribution in [1.82, 2.24) is 5.32 Å². The standard InChI is InChI=1S/C23H27NO7S/c1-23(2)8-7-14-16(31-23)9-17(29-10-18(25)24-15(11-32-3)21(26)27)19-12-5-4-6-13(12)22(28)30-20(14)19/h9,15H,4-8,10-11H2,1-3H3,(H,24,25)(H,26,27). The van der Waals surface area contributed by atoms with Crippen molar-refractivity contribution in [2.75, 3.05) is 18.6 Å². The Hall–Kier alpha value is -2.68. The molecule has 2 N–H and O–H groups in total. The van der Waals surface area contributed by atoms with Crippen LogP contribution >= 0.6 is 11.8 Å². The van der Waals surface area contributed by atoms with Gasteiger partial charge in [-0.25, -0.2) is 9.59 Å². The molecule has 0 bridgehead atoms. The van der Waals surface area contributed by atoms with Crippen LogP contribution < -0.4 is 20.4 Å². The monoisotopic (exact) mass is 461 g/mol. The normalized spacial score (nSPS) is 17.2. The van der Waals surface area contributed by atoms with Gasteiger partial charge >= 0.3 is 11.6 Å². The van der Waals surface area contributed by atoms with Gasteiger partial charge in [0.1, 0.15) is 28.7 Å². The van der Waals surface area contributed by atoms with Gasteiger partial charge in [-0.3, -0.25) is 4.79 Å². The molecule has 0 saturated carbocycles. The van der Waals surface area contributed by atoms with Crippen molar-refractivity contribution in [1.29, 1.82) is 0 Å². The van der Waals surface area contributed by atoms with E-state index in [0.717, 1.165) is 30.4 Å². The highest BCUT2D eigenvalue weighted by Gasteiger charge is 2.32. The lowest BCUT2D eigenvalue weighted by Crippen LogP contribution is -2.44. The van der Waals surface area contributed by atoms with E-state index >= 15 is 0 Å². The fourth-order valence-corrected chi connectivity index (χ4v) is 4.95. The Balaban J connectivity index is 1.71. The van der Waals surface area contributed by atoms with Crippen LogP contribution in [0.3, 0.4) is 0 Å². The number of carbonyl (C=O) groups excluding carboxylic acids is 1. The molecule has 1 amide bonds. The first kappa shape index (κ1) is 22.5. The molecule has 1 unspecified atom stereocenters. The number of aliphatic carboxylic acids is 1. The van der Waals surface area contributed by atoms with Crippen LogP contribution in [0.15, 0.2) is 15.3 Å². The lowest BCUT2D eigenvalue weighted by molar-refractivity contribution is -0.141. The second-order valence-corrected chi connectivity index (χ2v) is 9.73. The van der Waals surface area contributed by atoms with Gasteiger partial charge in [-0.1, -0.05) is 0 Å². The first-order chi connectivity index (χ1) is 15.2. The number of hydrogen-bond donors (Lipinski definition) is 2. The van der Waals surface area contributed by atoms with E-state index in [1.165, 1.54) is 11.8 Å². The van der Waals surface area contributed by atoms with Crippen LogP contribution in [0.1, 0.15) is 43.4 Å². The molecule has 32 heavy (non-hydrogen) atoms. The average Bonchev–Trinajstić information content (AvgIpc) is 3.21. The third kappa shape index (κ3) is 4.30. The Morgan fingerprint density at radius 1 is 1.25 bits per heavy atom. The van der Waals surface area contributed by atoms with Crippen molar-refractivity contribution >= 4 is 34.6 Å². The number of amides is 1. The van der Waals surface area contributed by atoms with Crippen LogP contribution in [0, 0.1) is 0 Å². The topological polar surface area (TPSA) is 115 Å². The third-order valence-electron chi connectivity index (χ3n) is 5.96. The molecule has 1 aromatic carbocycles. The van der Waals surface area contributed by atoms with Gasteiger partial charge in [0, 0.05) is 22.9 Å². The smallest absolute Gasteiger partial charge is 0.339 e. The lowest BCUT2D eigenvalue weighted by atomic mass is 9.91. The van der Waals surface area contributed by atoms with Crippen LogP contribution in [0.5, 0.6) is 11.5 Å². The summed E-state index contributed by atoms with van der Waals surface area (Å²) < 4.78 is 17.8. The summed E-state index contributed by atoms with van der Waals surface area (Å²) in [6.07, 6.45) is 5.51. The molecule has 0 spiro atoms. The molecule has 172 valence electrons. The van der Waals surface area contributed by atoms with Crippen LogP contribution in [0.25, 0.3) is 11.0 Å². The Bertz CT molecular complexity index is 1140. The number of benzene rings is 1. The van der Waals surface area contributed by atoms with Crippen LogP contribution in [-0.4, -0.2) is 47.2 Å². The number of carboxylic acid groups (broad SMARTS) is 1. The maximum atomic E-state index is 12.6. The number of fused-ring (bicyclic) bond motifs is 5. The second-order valence-electron chi connectivity index (χ2n) is 8.82. The van der Waals surface area contributed by atoms with Crippen molar-refractivity contribution in [2.45, 2.75) is 57.6 Å². The number of carbonyl (C=O) groups is 2. The fraction of sp³-hybridized carbons (Fsp3) is 0.522. The van der Waals surface area contributed by atoms with E-state index < -0.39 is 17.9 Å². The van der Waals surface area contributed by atoms with Gasteiger partial charge < -0.3 is 24.3 Å². The summed E-state index contributed by atoms with van der Waals surface area (Å²) in [6.45, 7) is 3.62. The fourth-order valence-electron chi connectivity index (χ4n) is 4.39. The first-order valence-corrected chi connectivity index (χ1v) is 12.1. The summed E-state index contributed by atoms with van der Waals surface area (Å²) in [7, 11) is 0. The molecular weight excluding hydrogens is 434 g/mol. The molecule has 2 heterocycles. The molecule has 1 atom stereocenters. The molecule has 0 saturated heterocycles. The molecule has 2 aliphatic rings. The Labute approximate surface area is 189 Å². The van der Waals surface area contributed by atoms with E-state index in [-0.39, 0.29) is 23.6 Å². The molecule has 2 aromatic rings. The summed E-state index contributed by atoms with van der Waals surface area (Å²) in [5, 5.41) is 12.5. The zero-order chi connectivity index (χ0) is 23.0. The Kier molecular flexibility index (Phi) is 6.11. The predicted molar refractivity (Wildman–Crippen MR) is 121 cm³/mol. The van der Waals surface area contributed by atoms with Gasteiger partial charge in [0.15, 0.2) is 6.61 Å². The minimum atomic E-state index is -1.10. The largest absolute Gasteiger partial charge is 0.487 e. The summed E-state index contributed by atoms with van der Waals surface area (Å²) in [5.41, 5.74) is 2.17. The SMILES string of the molecule is CSCC(NC(=O)COc1cc2c(c3oc(=O)c4c(c13)CCC4)CCC(C)(C)O2)C(=O)O. The summed E-state index contributed by atoms with van der Waals surface area (Å²) >= 11 is 1.33. The van der Waals surface area contributed by atoms with Crippen molar-refractivity contribution in [3.63, 3.8) is 0 Å². The van der Waals surface area contributed by atoms with Crippen molar-refractivity contribution in [3.05, 3.63) is 33.2 Å². The van der Waals surface area contributed by atoms with Crippen LogP contribution in [-0.2, 0) is 28.9 Å². The van der Waals surface area contributed by atoms with Gasteiger partial charge in [-0.05, 0) is 57.8 Å². The van der Waals surface area contributed by atoms with Gasteiger partial charge in [-0.15, -0.1) is 0 Å². The molecule has 1 aliphatic carbocycles. The third-order valence-corrected chi connectivity index (χ3v) is 6.62.